The van der Waals surface area contributed by atoms with Gasteiger partial charge in [0.2, 0.25) is 0 Å². The molecular weight excluding hydrogens is 228 g/mol. The van der Waals surface area contributed by atoms with Gasteiger partial charge >= 0.3 is 0 Å². The van der Waals surface area contributed by atoms with Crippen molar-refractivity contribution in [3.8, 4) is 0 Å². The van der Waals surface area contributed by atoms with Crippen molar-refractivity contribution in [2.75, 3.05) is 14.2 Å². The van der Waals surface area contributed by atoms with E-state index in [1.165, 1.54) is 5.57 Å². The number of carbonyl (C=O) groups excluding carboxylic acids is 1. The first-order valence-electron chi connectivity index (χ1n) is 6.71. The molecule has 0 bridgehead atoms. The van der Waals surface area contributed by atoms with E-state index in [-0.39, 0.29) is 11.7 Å². The van der Waals surface area contributed by atoms with Crippen molar-refractivity contribution in [1.29, 1.82) is 0 Å². The summed E-state index contributed by atoms with van der Waals surface area (Å²) in [4.78, 5) is 12.0. The number of hydrogen-bond donors (Lipinski definition) is 0. The fraction of sp³-hybridized carbons (Fsp3) is 0.800. The van der Waals surface area contributed by atoms with Crippen LogP contribution in [0.5, 0.6) is 0 Å². The van der Waals surface area contributed by atoms with Gasteiger partial charge in [0.15, 0.2) is 12.1 Å². The molecule has 0 aliphatic heterocycles. The number of carbonyl (C=O) groups is 1. The summed E-state index contributed by atoms with van der Waals surface area (Å²) in [6.07, 6.45) is 2.37. The molecule has 18 heavy (non-hydrogen) atoms. The summed E-state index contributed by atoms with van der Waals surface area (Å²) in [5, 5.41) is 0. The Hall–Kier alpha value is -0.670. The Kier molecular flexibility index (Phi) is 3.65. The molecule has 2 rings (SSSR count). The summed E-state index contributed by atoms with van der Waals surface area (Å²) in [6.45, 7) is 6.60. The SMILES string of the molecule is COC(C[C@@H]1[C@H](C2=C(C)CCC2=O)C1(C)C)OC. The van der Waals surface area contributed by atoms with E-state index in [0.29, 0.717) is 24.0 Å². The highest BCUT2D eigenvalue weighted by Crippen LogP contribution is 2.65. The smallest absolute Gasteiger partial charge is 0.159 e. The second kappa shape index (κ2) is 4.78. The number of ketones is 1. The Morgan fingerprint density at radius 3 is 2.33 bits per heavy atom. The molecule has 0 aromatic carbocycles. The van der Waals surface area contributed by atoms with Gasteiger partial charge in [0.1, 0.15) is 0 Å². The number of rotatable bonds is 5. The molecule has 0 aromatic rings. The summed E-state index contributed by atoms with van der Waals surface area (Å²) in [7, 11) is 3.34. The van der Waals surface area contributed by atoms with Crippen LogP contribution in [0.3, 0.4) is 0 Å². The average molecular weight is 252 g/mol. The Morgan fingerprint density at radius 2 is 1.89 bits per heavy atom. The van der Waals surface area contributed by atoms with Gasteiger partial charge < -0.3 is 9.47 Å². The van der Waals surface area contributed by atoms with E-state index in [2.05, 4.69) is 20.8 Å². The Balaban J connectivity index is 2.11. The minimum absolute atomic E-state index is 0.156. The van der Waals surface area contributed by atoms with E-state index in [0.717, 1.165) is 18.4 Å². The lowest BCUT2D eigenvalue weighted by Crippen LogP contribution is -2.15. The number of hydrogen-bond acceptors (Lipinski definition) is 3. The van der Waals surface area contributed by atoms with Gasteiger partial charge in [-0.2, -0.15) is 0 Å². The quantitative estimate of drug-likeness (QED) is 0.706. The van der Waals surface area contributed by atoms with Crippen LogP contribution in [0.1, 0.15) is 40.0 Å². The van der Waals surface area contributed by atoms with Gasteiger partial charge in [-0.05, 0) is 36.2 Å². The van der Waals surface area contributed by atoms with Crippen molar-refractivity contribution in [1.82, 2.24) is 0 Å². The zero-order valence-electron chi connectivity index (χ0n) is 12.1. The Labute approximate surface area is 110 Å². The third kappa shape index (κ3) is 2.14. The maximum Gasteiger partial charge on any atom is 0.159 e. The first kappa shape index (κ1) is 13.8. The zero-order valence-corrected chi connectivity index (χ0v) is 12.1. The summed E-state index contributed by atoms with van der Waals surface area (Å²) in [5.41, 5.74) is 2.61. The standard InChI is InChI=1S/C15H24O3/c1-9-6-7-11(16)13(9)14-10(15(14,2)3)8-12(17-4)18-5/h10,12,14H,6-8H2,1-5H3/t10-,14-/m1/s1. The third-order valence-corrected chi connectivity index (χ3v) is 4.82. The highest BCUT2D eigenvalue weighted by Gasteiger charge is 2.61. The first-order chi connectivity index (χ1) is 8.43. The molecule has 0 heterocycles. The molecule has 1 fully saturated rings. The van der Waals surface area contributed by atoms with E-state index in [9.17, 15) is 4.79 Å². The molecule has 2 aliphatic rings. The number of ether oxygens (including phenoxy) is 2. The van der Waals surface area contributed by atoms with Crippen molar-refractivity contribution in [3.63, 3.8) is 0 Å². The minimum Gasteiger partial charge on any atom is -0.356 e. The minimum atomic E-state index is -0.156. The van der Waals surface area contributed by atoms with Crippen LogP contribution in [0, 0.1) is 17.3 Å². The van der Waals surface area contributed by atoms with Crippen molar-refractivity contribution in [2.45, 2.75) is 46.3 Å². The molecular formula is C15H24O3. The molecule has 0 amide bonds. The molecule has 2 aliphatic carbocycles. The van der Waals surface area contributed by atoms with Crippen LogP contribution in [0.25, 0.3) is 0 Å². The molecule has 0 radical (unpaired) electrons. The monoisotopic (exact) mass is 252 g/mol. The average Bonchev–Trinajstić information content (AvgIpc) is 2.67. The van der Waals surface area contributed by atoms with Gasteiger partial charge in [0.25, 0.3) is 0 Å². The first-order valence-corrected chi connectivity index (χ1v) is 6.71. The second-order valence-corrected chi connectivity index (χ2v) is 6.16. The predicted molar refractivity (Wildman–Crippen MR) is 70.1 cm³/mol. The molecule has 102 valence electrons. The Morgan fingerprint density at radius 1 is 1.28 bits per heavy atom. The van der Waals surface area contributed by atoms with Crippen molar-refractivity contribution >= 4 is 5.78 Å². The van der Waals surface area contributed by atoms with Crippen molar-refractivity contribution in [3.05, 3.63) is 11.1 Å². The molecule has 3 heteroatoms. The Bertz CT molecular complexity index is 377. The van der Waals surface area contributed by atoms with Gasteiger partial charge in [-0.15, -0.1) is 0 Å². The van der Waals surface area contributed by atoms with Crippen LogP contribution in [0.4, 0.5) is 0 Å². The zero-order chi connectivity index (χ0) is 13.5. The van der Waals surface area contributed by atoms with Crippen LogP contribution in [0.2, 0.25) is 0 Å². The normalized spacial score (nSPS) is 30.4. The summed E-state index contributed by atoms with van der Waals surface area (Å²) in [5.74, 6) is 1.26. The fourth-order valence-corrected chi connectivity index (χ4v) is 3.50. The van der Waals surface area contributed by atoms with Gasteiger partial charge in [0.05, 0.1) is 0 Å². The maximum absolute atomic E-state index is 12.0. The lowest BCUT2D eigenvalue weighted by molar-refractivity contribution is -0.115. The lowest BCUT2D eigenvalue weighted by atomic mass is 10.00. The van der Waals surface area contributed by atoms with Crippen LogP contribution < -0.4 is 0 Å². The van der Waals surface area contributed by atoms with Gasteiger partial charge in [-0.25, -0.2) is 0 Å². The van der Waals surface area contributed by atoms with Crippen LogP contribution >= 0.6 is 0 Å². The molecule has 0 unspecified atom stereocenters. The number of allylic oxidation sites excluding steroid dienone is 2. The van der Waals surface area contributed by atoms with Crippen molar-refractivity contribution < 1.29 is 14.3 Å². The molecule has 0 N–H and O–H groups in total. The van der Waals surface area contributed by atoms with Crippen LogP contribution in [-0.2, 0) is 14.3 Å². The van der Waals surface area contributed by atoms with Crippen molar-refractivity contribution in [2.24, 2.45) is 17.3 Å². The van der Waals surface area contributed by atoms with E-state index in [1.807, 2.05) is 0 Å². The molecule has 0 saturated heterocycles. The third-order valence-electron chi connectivity index (χ3n) is 4.82. The second-order valence-electron chi connectivity index (χ2n) is 6.16. The van der Waals surface area contributed by atoms with Gasteiger partial charge in [-0.1, -0.05) is 19.4 Å². The molecule has 0 spiro atoms. The maximum atomic E-state index is 12.0. The highest BCUT2D eigenvalue weighted by molar-refractivity contribution is 5.99. The fourth-order valence-electron chi connectivity index (χ4n) is 3.50. The summed E-state index contributed by atoms with van der Waals surface area (Å²) in [6, 6.07) is 0. The number of methoxy groups -OCH3 is 2. The van der Waals surface area contributed by atoms with E-state index in [1.54, 1.807) is 14.2 Å². The van der Waals surface area contributed by atoms with E-state index < -0.39 is 0 Å². The van der Waals surface area contributed by atoms with Crippen LogP contribution in [0.15, 0.2) is 11.1 Å². The molecule has 2 atom stereocenters. The summed E-state index contributed by atoms with van der Waals surface area (Å²) < 4.78 is 10.6. The highest BCUT2D eigenvalue weighted by atomic mass is 16.7. The molecule has 0 aromatic heterocycles. The van der Waals surface area contributed by atoms with E-state index >= 15 is 0 Å². The molecule has 1 saturated carbocycles. The lowest BCUT2D eigenvalue weighted by Gasteiger charge is -2.13. The summed E-state index contributed by atoms with van der Waals surface area (Å²) >= 11 is 0. The van der Waals surface area contributed by atoms with Gasteiger partial charge in [-0.3, -0.25) is 4.79 Å². The number of Topliss-reactive ketones (excluding diaryl/α,β-unsaturated/α-hetero) is 1. The van der Waals surface area contributed by atoms with E-state index in [4.69, 9.17) is 9.47 Å². The van der Waals surface area contributed by atoms with Gasteiger partial charge in [0, 0.05) is 27.1 Å². The predicted octanol–water partition coefficient (Wildman–Crippen LogP) is 2.95. The topological polar surface area (TPSA) is 35.5 Å². The molecule has 3 nitrogen and oxygen atoms in total. The van der Waals surface area contributed by atoms with Crippen LogP contribution in [-0.4, -0.2) is 26.3 Å². The largest absolute Gasteiger partial charge is 0.356 e.